The highest BCUT2D eigenvalue weighted by Gasteiger charge is 2.27. The lowest BCUT2D eigenvalue weighted by atomic mass is 9.95. The number of nitrogens with one attached hydrogen (secondary N) is 1. The molecule has 0 saturated carbocycles. The summed E-state index contributed by atoms with van der Waals surface area (Å²) in [5.41, 5.74) is 2.73. The molecule has 1 atom stereocenters. The van der Waals surface area contributed by atoms with E-state index in [1.165, 1.54) is 11.1 Å². The van der Waals surface area contributed by atoms with Gasteiger partial charge in [-0.15, -0.1) is 12.4 Å². The molecule has 0 aliphatic carbocycles. The molecule has 19 heavy (non-hydrogen) atoms. The number of carbonyl (C=O) groups excluding carboxylic acids is 1. The third kappa shape index (κ3) is 3.10. The maximum Gasteiger partial charge on any atom is 0.227 e. The van der Waals surface area contributed by atoms with Crippen LogP contribution in [0.5, 0.6) is 0 Å². The molecule has 1 amide bonds. The van der Waals surface area contributed by atoms with E-state index in [-0.39, 0.29) is 18.3 Å². The molecule has 2 aliphatic heterocycles. The van der Waals surface area contributed by atoms with Crippen molar-refractivity contribution in [3.8, 4) is 0 Å². The molecular weight excluding hydrogens is 260 g/mol. The van der Waals surface area contributed by atoms with Crippen molar-refractivity contribution in [2.24, 2.45) is 5.92 Å². The molecular formula is C15H21ClN2O. The molecule has 0 spiro atoms. The Balaban J connectivity index is 0.00000133. The number of hydrogen-bond acceptors (Lipinski definition) is 2. The van der Waals surface area contributed by atoms with E-state index in [1.807, 2.05) is 4.90 Å². The van der Waals surface area contributed by atoms with Crippen LogP contribution < -0.4 is 5.32 Å². The maximum atomic E-state index is 12.4. The van der Waals surface area contributed by atoms with Crippen LogP contribution in [0.4, 0.5) is 0 Å². The van der Waals surface area contributed by atoms with Gasteiger partial charge in [0.15, 0.2) is 0 Å². The Hall–Kier alpha value is -1.06. The standard InChI is InChI=1S/C15H20N2O.ClH/c18-15(13-6-3-8-16-10-13)17-9-7-12-4-1-2-5-14(12)11-17;/h1-2,4-5,13,16H,3,6-11H2;1H. The van der Waals surface area contributed by atoms with Crippen LogP contribution >= 0.6 is 12.4 Å². The van der Waals surface area contributed by atoms with Crippen molar-refractivity contribution in [2.45, 2.75) is 25.8 Å². The van der Waals surface area contributed by atoms with Gasteiger partial charge in [0.2, 0.25) is 5.91 Å². The van der Waals surface area contributed by atoms with E-state index in [4.69, 9.17) is 0 Å². The van der Waals surface area contributed by atoms with Crippen LogP contribution in [0.3, 0.4) is 0 Å². The Morgan fingerprint density at radius 1 is 1.26 bits per heavy atom. The van der Waals surface area contributed by atoms with Crippen molar-refractivity contribution in [3.63, 3.8) is 0 Å². The average Bonchev–Trinajstić information content (AvgIpc) is 2.47. The third-order valence-electron chi connectivity index (χ3n) is 4.09. The van der Waals surface area contributed by atoms with E-state index in [1.54, 1.807) is 0 Å². The Morgan fingerprint density at radius 3 is 2.79 bits per heavy atom. The van der Waals surface area contributed by atoms with Gasteiger partial charge in [0.25, 0.3) is 0 Å². The minimum atomic E-state index is 0. The van der Waals surface area contributed by atoms with E-state index in [9.17, 15) is 4.79 Å². The van der Waals surface area contributed by atoms with Gasteiger partial charge in [-0.25, -0.2) is 0 Å². The molecule has 0 radical (unpaired) electrons. The zero-order chi connectivity index (χ0) is 12.4. The second-order valence-electron chi connectivity index (χ2n) is 5.32. The quantitative estimate of drug-likeness (QED) is 0.853. The number of fused-ring (bicyclic) bond motifs is 1. The lowest BCUT2D eigenvalue weighted by molar-refractivity contribution is -0.137. The highest BCUT2D eigenvalue weighted by atomic mass is 35.5. The van der Waals surface area contributed by atoms with E-state index < -0.39 is 0 Å². The summed E-state index contributed by atoms with van der Waals surface area (Å²) in [4.78, 5) is 14.5. The van der Waals surface area contributed by atoms with Gasteiger partial charge in [0.05, 0.1) is 5.92 Å². The summed E-state index contributed by atoms with van der Waals surface area (Å²) in [5.74, 6) is 0.542. The largest absolute Gasteiger partial charge is 0.338 e. The van der Waals surface area contributed by atoms with Crippen LogP contribution in [-0.2, 0) is 17.8 Å². The molecule has 3 rings (SSSR count). The third-order valence-corrected chi connectivity index (χ3v) is 4.09. The van der Waals surface area contributed by atoms with Gasteiger partial charge in [0, 0.05) is 19.6 Å². The number of piperidine rings is 1. The predicted molar refractivity (Wildman–Crippen MR) is 78.4 cm³/mol. The molecule has 0 bridgehead atoms. The van der Waals surface area contributed by atoms with Crippen molar-refractivity contribution < 1.29 is 4.79 Å². The number of benzene rings is 1. The number of nitrogens with zero attached hydrogens (tertiary/aromatic N) is 1. The van der Waals surface area contributed by atoms with Crippen LogP contribution in [0.1, 0.15) is 24.0 Å². The van der Waals surface area contributed by atoms with Gasteiger partial charge in [-0.1, -0.05) is 24.3 Å². The van der Waals surface area contributed by atoms with E-state index >= 15 is 0 Å². The molecule has 0 aromatic heterocycles. The van der Waals surface area contributed by atoms with Crippen LogP contribution in [-0.4, -0.2) is 30.4 Å². The fourth-order valence-corrected chi connectivity index (χ4v) is 3.00. The SMILES string of the molecule is Cl.O=C(C1CCCNC1)N1CCc2ccccc2C1. The highest BCUT2D eigenvalue weighted by Crippen LogP contribution is 2.21. The first-order valence-corrected chi connectivity index (χ1v) is 6.91. The van der Waals surface area contributed by atoms with Gasteiger partial charge in [-0.3, -0.25) is 4.79 Å². The number of amides is 1. The number of hydrogen-bond donors (Lipinski definition) is 1. The summed E-state index contributed by atoms with van der Waals surface area (Å²) < 4.78 is 0. The zero-order valence-corrected chi connectivity index (χ0v) is 11.9. The maximum absolute atomic E-state index is 12.4. The van der Waals surface area contributed by atoms with Crippen molar-refractivity contribution in [1.82, 2.24) is 10.2 Å². The Bertz CT molecular complexity index is 444. The van der Waals surface area contributed by atoms with E-state index in [2.05, 4.69) is 29.6 Å². The first-order chi connectivity index (χ1) is 8.84. The number of halogens is 1. The Morgan fingerprint density at radius 2 is 2.05 bits per heavy atom. The van der Waals surface area contributed by atoms with Crippen molar-refractivity contribution >= 4 is 18.3 Å². The Kier molecular flexibility index (Phi) is 4.83. The lowest BCUT2D eigenvalue weighted by Crippen LogP contribution is -2.44. The van der Waals surface area contributed by atoms with Crippen LogP contribution in [0.15, 0.2) is 24.3 Å². The highest BCUT2D eigenvalue weighted by molar-refractivity contribution is 5.85. The van der Waals surface area contributed by atoms with Gasteiger partial charge in [-0.2, -0.15) is 0 Å². The molecule has 1 fully saturated rings. The van der Waals surface area contributed by atoms with Crippen LogP contribution in [0, 0.1) is 5.92 Å². The summed E-state index contributed by atoms with van der Waals surface area (Å²) in [6, 6.07) is 8.48. The van der Waals surface area contributed by atoms with Gasteiger partial charge >= 0.3 is 0 Å². The topological polar surface area (TPSA) is 32.3 Å². The number of carbonyl (C=O) groups is 1. The minimum Gasteiger partial charge on any atom is -0.338 e. The molecule has 2 heterocycles. The molecule has 1 saturated heterocycles. The van der Waals surface area contributed by atoms with E-state index in [0.717, 1.165) is 45.4 Å². The van der Waals surface area contributed by atoms with Gasteiger partial charge in [0.1, 0.15) is 0 Å². The summed E-state index contributed by atoms with van der Waals surface area (Å²) in [6.07, 6.45) is 3.17. The molecule has 1 unspecified atom stereocenters. The summed E-state index contributed by atoms with van der Waals surface area (Å²) in [5, 5.41) is 3.33. The van der Waals surface area contributed by atoms with Crippen LogP contribution in [0.2, 0.25) is 0 Å². The molecule has 104 valence electrons. The molecule has 3 nitrogen and oxygen atoms in total. The van der Waals surface area contributed by atoms with E-state index in [0.29, 0.717) is 5.91 Å². The monoisotopic (exact) mass is 280 g/mol. The fourth-order valence-electron chi connectivity index (χ4n) is 3.00. The average molecular weight is 281 g/mol. The molecule has 2 aliphatic rings. The summed E-state index contributed by atoms with van der Waals surface area (Å²) in [6.45, 7) is 3.60. The lowest BCUT2D eigenvalue weighted by Gasteiger charge is -2.33. The second kappa shape index (κ2) is 6.40. The van der Waals surface area contributed by atoms with Crippen molar-refractivity contribution in [1.29, 1.82) is 0 Å². The van der Waals surface area contributed by atoms with Crippen molar-refractivity contribution in [3.05, 3.63) is 35.4 Å². The fraction of sp³-hybridized carbons (Fsp3) is 0.533. The molecule has 1 N–H and O–H groups in total. The first-order valence-electron chi connectivity index (χ1n) is 6.91. The first kappa shape index (κ1) is 14.4. The normalized spacial score (nSPS) is 22.3. The van der Waals surface area contributed by atoms with Crippen molar-refractivity contribution in [2.75, 3.05) is 19.6 Å². The summed E-state index contributed by atoms with van der Waals surface area (Å²) >= 11 is 0. The van der Waals surface area contributed by atoms with Gasteiger partial charge < -0.3 is 10.2 Å². The summed E-state index contributed by atoms with van der Waals surface area (Å²) in [7, 11) is 0. The van der Waals surface area contributed by atoms with Crippen LogP contribution in [0.25, 0.3) is 0 Å². The Labute approximate surface area is 120 Å². The number of rotatable bonds is 1. The molecule has 1 aromatic rings. The predicted octanol–water partition coefficient (Wildman–Crippen LogP) is 1.99. The molecule has 1 aromatic carbocycles. The van der Waals surface area contributed by atoms with Gasteiger partial charge in [-0.05, 0) is 36.9 Å². The molecule has 4 heteroatoms. The minimum absolute atomic E-state index is 0. The smallest absolute Gasteiger partial charge is 0.227 e. The second-order valence-corrected chi connectivity index (χ2v) is 5.32. The zero-order valence-electron chi connectivity index (χ0n) is 11.1.